The van der Waals surface area contributed by atoms with Crippen molar-refractivity contribution in [1.29, 1.82) is 0 Å². The molecular weight excluding hydrogens is 664 g/mol. The van der Waals surface area contributed by atoms with Crippen LogP contribution in [0.4, 0.5) is 4.79 Å². The largest absolute Gasteiger partial charge is 0.519 e. The summed E-state index contributed by atoms with van der Waals surface area (Å²) in [5, 5.41) is 14.4. The molecule has 19 nitrogen and oxygen atoms in total. The summed E-state index contributed by atoms with van der Waals surface area (Å²) in [6, 6.07) is -1.43. The lowest BCUT2D eigenvalue weighted by Gasteiger charge is -2.49. The summed E-state index contributed by atoms with van der Waals surface area (Å²) in [6.45, 7) is 2.13. The van der Waals surface area contributed by atoms with E-state index in [1.807, 2.05) is 0 Å². The number of carboxylic acids is 1. The number of carboxylic acid groups (broad SMARTS) is 1. The minimum absolute atomic E-state index is 0.0602. The van der Waals surface area contributed by atoms with Gasteiger partial charge in [-0.2, -0.15) is 0 Å². The number of hydrogen-bond donors (Lipinski definition) is 4. The fraction of sp³-hybridized carbons (Fsp3) is 0.423. The Bertz CT molecular complexity index is 1780. The van der Waals surface area contributed by atoms with Crippen LogP contribution in [0.3, 0.4) is 0 Å². The zero-order chi connectivity index (χ0) is 33.6. The molecule has 3 fully saturated rings. The predicted molar refractivity (Wildman–Crippen MR) is 161 cm³/mol. The van der Waals surface area contributed by atoms with Crippen molar-refractivity contribution in [3.8, 4) is 0 Å². The fourth-order valence-corrected chi connectivity index (χ4v) is 7.51. The van der Waals surface area contributed by atoms with E-state index in [4.69, 9.17) is 19.3 Å². The highest BCUT2D eigenvalue weighted by atomic mass is 32.2. The number of amides is 4. The highest BCUT2D eigenvalue weighted by Gasteiger charge is 2.54. The SMILES string of the molecule is Cc1oc(=O)oc1COC(=O)N1CC[C@@H](N2CC/C(=C\C3=C(C(=O)O)N4C(=O)[C@@H](NC(=O)/C(N=O)=C5\N=C(N)SN5)[C@H]4SC3)C2=O)C1. The molecule has 3 atom stereocenters. The van der Waals surface area contributed by atoms with E-state index in [0.717, 1.165) is 16.8 Å². The molecule has 0 saturated carbocycles. The Morgan fingerprint density at radius 2 is 2.04 bits per heavy atom. The number of likely N-dealkylation sites (tertiary alicyclic amines) is 2. The number of aliphatic imine (C=N–C) groups is 1. The number of nitrogens with two attached hydrogens (primary N) is 1. The minimum Gasteiger partial charge on any atom is -0.477 e. The van der Waals surface area contributed by atoms with Crippen molar-refractivity contribution in [3.63, 3.8) is 0 Å². The summed E-state index contributed by atoms with van der Waals surface area (Å²) in [5.41, 5.74) is 5.23. The molecular formula is C26H26N8O11S2. The highest BCUT2D eigenvalue weighted by molar-refractivity contribution is 8.12. The smallest absolute Gasteiger partial charge is 0.477 e. The Balaban J connectivity index is 1.10. The molecule has 248 valence electrons. The number of amidine groups is 1. The van der Waals surface area contributed by atoms with E-state index >= 15 is 0 Å². The van der Waals surface area contributed by atoms with Gasteiger partial charge in [-0.25, -0.2) is 19.4 Å². The third-order valence-electron chi connectivity index (χ3n) is 8.02. The van der Waals surface area contributed by atoms with Crippen molar-refractivity contribution in [2.75, 3.05) is 25.4 Å². The molecule has 5 aliphatic rings. The number of rotatable bonds is 8. The summed E-state index contributed by atoms with van der Waals surface area (Å²) >= 11 is 2.06. The van der Waals surface area contributed by atoms with Crippen LogP contribution in [0.25, 0.3) is 0 Å². The van der Waals surface area contributed by atoms with Crippen molar-refractivity contribution in [2.45, 2.75) is 43.8 Å². The van der Waals surface area contributed by atoms with Crippen molar-refractivity contribution < 1.29 is 42.7 Å². The van der Waals surface area contributed by atoms with E-state index in [-0.39, 0.29) is 64.6 Å². The van der Waals surface area contributed by atoms with Crippen LogP contribution >= 0.6 is 23.7 Å². The number of nitrogens with one attached hydrogen (secondary N) is 2. The zero-order valence-corrected chi connectivity index (χ0v) is 26.1. The van der Waals surface area contributed by atoms with Crippen LogP contribution in [-0.2, 0) is 30.5 Å². The van der Waals surface area contributed by atoms with Crippen LogP contribution in [0, 0.1) is 11.8 Å². The molecule has 0 aliphatic carbocycles. The molecule has 47 heavy (non-hydrogen) atoms. The van der Waals surface area contributed by atoms with Crippen LogP contribution in [0.15, 0.2) is 58.2 Å². The number of nitroso groups, excluding NO2 is 1. The van der Waals surface area contributed by atoms with Crippen LogP contribution in [0.1, 0.15) is 24.4 Å². The number of ether oxygens (including phenoxy) is 1. The van der Waals surface area contributed by atoms with E-state index in [0.29, 0.717) is 31.5 Å². The van der Waals surface area contributed by atoms with E-state index in [1.165, 1.54) is 29.7 Å². The zero-order valence-electron chi connectivity index (χ0n) is 24.4. The van der Waals surface area contributed by atoms with Gasteiger partial charge in [-0.15, -0.1) is 16.7 Å². The molecule has 1 aromatic rings. The van der Waals surface area contributed by atoms with Gasteiger partial charge in [0.05, 0.1) is 6.04 Å². The second kappa shape index (κ2) is 12.6. The fourth-order valence-electron chi connectivity index (χ4n) is 5.73. The number of carbonyl (C=O) groups excluding carboxylic acids is 4. The number of fused-ring (bicyclic) bond motifs is 1. The van der Waals surface area contributed by atoms with E-state index in [1.54, 1.807) is 4.90 Å². The molecule has 6 rings (SSSR count). The lowest BCUT2D eigenvalue weighted by Crippen LogP contribution is -2.70. The molecule has 1 aromatic heterocycles. The van der Waals surface area contributed by atoms with Crippen molar-refractivity contribution in [2.24, 2.45) is 15.9 Å². The van der Waals surface area contributed by atoms with Gasteiger partial charge in [-0.3, -0.25) is 19.3 Å². The second-order valence-corrected chi connectivity index (χ2v) is 12.7. The lowest BCUT2D eigenvalue weighted by atomic mass is 10.0. The number of carbonyl (C=O) groups is 5. The van der Waals surface area contributed by atoms with E-state index in [9.17, 15) is 38.8 Å². The first-order valence-electron chi connectivity index (χ1n) is 14.1. The molecule has 5 aliphatic heterocycles. The standard InChI is InChI=1S/C26H26N8O11S2/c1-10-14(45-26(41)44-10)8-43-25(40)32-4-3-13(7-32)33-5-2-11(20(33)36)6-12-9-46-22-16(21(37)34(22)17(12)23(38)39)28-19(35)15(30-42)18-29-24(27)47-31-18/h6,13,16,22,31H,2-5,7-9H2,1H3,(H2,27,29)(H,28,35)(H,38,39)/b11-6+,18-15-/t13-,16-,22-/m1/s1. The van der Waals surface area contributed by atoms with E-state index in [2.05, 4.69) is 20.2 Å². The summed E-state index contributed by atoms with van der Waals surface area (Å²) < 4.78 is 17.4. The van der Waals surface area contributed by atoms with Gasteiger partial charge in [0.2, 0.25) is 11.6 Å². The van der Waals surface area contributed by atoms with Crippen LogP contribution < -0.4 is 21.6 Å². The Kier molecular flexibility index (Phi) is 8.57. The normalized spacial score (nSPS) is 25.8. The van der Waals surface area contributed by atoms with Gasteiger partial charge in [0.15, 0.2) is 29.1 Å². The first-order chi connectivity index (χ1) is 22.5. The molecule has 6 heterocycles. The Labute approximate surface area is 272 Å². The lowest BCUT2D eigenvalue weighted by molar-refractivity contribution is -0.150. The topological polar surface area (TPSA) is 260 Å². The number of allylic oxidation sites excluding steroid dienone is 1. The van der Waals surface area contributed by atoms with Gasteiger partial charge in [0.25, 0.3) is 11.8 Å². The molecule has 0 aromatic carbocycles. The molecule has 3 saturated heterocycles. The molecule has 0 unspecified atom stereocenters. The minimum atomic E-state index is -1.38. The van der Waals surface area contributed by atoms with E-state index < -0.39 is 46.8 Å². The predicted octanol–water partition coefficient (Wildman–Crippen LogP) is -0.349. The molecule has 4 amide bonds. The van der Waals surface area contributed by atoms with Gasteiger partial charge in [-0.1, -0.05) is 0 Å². The maximum Gasteiger partial charge on any atom is 0.519 e. The molecule has 21 heteroatoms. The first-order valence-corrected chi connectivity index (χ1v) is 15.9. The quantitative estimate of drug-likeness (QED) is 0.118. The number of thioether (sulfide) groups is 1. The summed E-state index contributed by atoms with van der Waals surface area (Å²) in [5.74, 6) is -4.02. The maximum absolute atomic E-state index is 13.4. The van der Waals surface area contributed by atoms with Gasteiger partial charge in [0.1, 0.15) is 17.1 Å². The monoisotopic (exact) mass is 690 g/mol. The van der Waals surface area contributed by atoms with Crippen molar-refractivity contribution >= 4 is 58.7 Å². The number of β-lactam (4-membered cyclic amide) rings is 1. The average Bonchev–Trinajstić information content (AvgIpc) is 3.83. The summed E-state index contributed by atoms with van der Waals surface area (Å²) in [6.07, 6.45) is 1.67. The molecule has 0 radical (unpaired) electrons. The Morgan fingerprint density at radius 3 is 2.70 bits per heavy atom. The molecule has 0 spiro atoms. The first kappa shape index (κ1) is 31.9. The van der Waals surface area contributed by atoms with Crippen LogP contribution in [0.2, 0.25) is 0 Å². The van der Waals surface area contributed by atoms with Gasteiger partial charge in [0, 0.05) is 42.9 Å². The molecule has 0 bridgehead atoms. The van der Waals surface area contributed by atoms with Gasteiger partial charge < -0.3 is 44.3 Å². The summed E-state index contributed by atoms with van der Waals surface area (Å²) in [7, 11) is 0. The maximum atomic E-state index is 13.4. The van der Waals surface area contributed by atoms with Crippen molar-refractivity contribution in [3.05, 3.63) is 61.5 Å². The number of aryl methyl sites for hydroxylation is 1. The average molecular weight is 691 g/mol. The Morgan fingerprint density at radius 1 is 1.26 bits per heavy atom. The van der Waals surface area contributed by atoms with Crippen molar-refractivity contribution in [1.82, 2.24) is 24.7 Å². The number of aliphatic carboxylic acids is 1. The van der Waals surface area contributed by atoms with Gasteiger partial charge in [-0.05, 0) is 36.6 Å². The Hall–Kier alpha value is -5.05. The highest BCUT2D eigenvalue weighted by Crippen LogP contribution is 2.41. The van der Waals surface area contributed by atoms with Gasteiger partial charge >= 0.3 is 17.9 Å². The number of hydrogen-bond acceptors (Lipinski definition) is 16. The second-order valence-electron chi connectivity index (χ2n) is 10.8. The molecule has 5 N–H and O–H groups in total. The third-order valence-corrected chi connectivity index (χ3v) is 9.92. The van der Waals surface area contributed by atoms with Crippen LogP contribution in [0.5, 0.6) is 0 Å². The van der Waals surface area contributed by atoms with Crippen LogP contribution in [-0.4, -0.2) is 97.6 Å². The number of nitrogens with zero attached hydrogens (tertiary/aromatic N) is 5. The summed E-state index contributed by atoms with van der Waals surface area (Å²) in [4.78, 5) is 94.5. The third kappa shape index (κ3) is 5.98.